The predicted octanol–water partition coefficient (Wildman–Crippen LogP) is 0.735. The highest BCUT2D eigenvalue weighted by atomic mass is 16.5. The van der Waals surface area contributed by atoms with E-state index in [4.69, 9.17) is 9.84 Å². The Bertz CT molecular complexity index is 318. The van der Waals surface area contributed by atoms with Crippen molar-refractivity contribution in [3.05, 3.63) is 0 Å². The van der Waals surface area contributed by atoms with Gasteiger partial charge in [-0.3, -0.25) is 9.59 Å². The van der Waals surface area contributed by atoms with Crippen LogP contribution in [-0.4, -0.2) is 47.7 Å². The first-order chi connectivity index (χ1) is 8.09. The molecule has 0 radical (unpaired) electrons. The van der Waals surface area contributed by atoms with Crippen LogP contribution in [0.1, 0.15) is 26.2 Å². The summed E-state index contributed by atoms with van der Waals surface area (Å²) in [7, 11) is 0. The normalized spacial score (nSPS) is 33.7. The van der Waals surface area contributed by atoms with Crippen molar-refractivity contribution in [3.8, 4) is 0 Å². The number of rotatable bonds is 2. The molecule has 0 aromatic heterocycles. The molecular formula is C12H19NO4. The van der Waals surface area contributed by atoms with Crippen molar-refractivity contribution in [2.45, 2.75) is 32.2 Å². The second-order valence-corrected chi connectivity index (χ2v) is 5.00. The highest BCUT2D eigenvalue weighted by Gasteiger charge is 2.37. The Balaban J connectivity index is 1.94. The molecule has 17 heavy (non-hydrogen) atoms. The molecular weight excluding hydrogens is 222 g/mol. The maximum Gasteiger partial charge on any atom is 0.306 e. The third kappa shape index (κ3) is 2.60. The molecule has 5 nitrogen and oxygen atoms in total. The first-order valence-electron chi connectivity index (χ1n) is 6.20. The molecule has 1 aliphatic heterocycles. The fourth-order valence-electron chi connectivity index (χ4n) is 2.72. The van der Waals surface area contributed by atoms with Gasteiger partial charge in [0.15, 0.2) is 0 Å². The largest absolute Gasteiger partial charge is 0.481 e. The van der Waals surface area contributed by atoms with Crippen LogP contribution in [0.25, 0.3) is 0 Å². The number of carboxylic acids is 1. The summed E-state index contributed by atoms with van der Waals surface area (Å²) in [6.45, 7) is 3.78. The SMILES string of the molecule is C[C@@H]1COCCN1C(=O)[C@@H]1CC[C@H](C(=O)O)C1. The molecule has 2 rings (SSSR count). The molecule has 96 valence electrons. The van der Waals surface area contributed by atoms with Crippen molar-refractivity contribution in [1.82, 2.24) is 4.90 Å². The molecule has 2 fully saturated rings. The second-order valence-electron chi connectivity index (χ2n) is 5.00. The summed E-state index contributed by atoms with van der Waals surface area (Å²) in [4.78, 5) is 25.0. The number of hydrogen-bond acceptors (Lipinski definition) is 3. The van der Waals surface area contributed by atoms with E-state index < -0.39 is 5.97 Å². The van der Waals surface area contributed by atoms with Crippen LogP contribution in [0.5, 0.6) is 0 Å². The van der Waals surface area contributed by atoms with Crippen molar-refractivity contribution in [2.75, 3.05) is 19.8 Å². The van der Waals surface area contributed by atoms with Crippen LogP contribution < -0.4 is 0 Å². The van der Waals surface area contributed by atoms with Crippen molar-refractivity contribution in [1.29, 1.82) is 0 Å². The summed E-state index contributed by atoms with van der Waals surface area (Å²) >= 11 is 0. The molecule has 0 spiro atoms. The fraction of sp³-hybridized carbons (Fsp3) is 0.833. The molecule has 0 unspecified atom stereocenters. The Hall–Kier alpha value is -1.10. The van der Waals surface area contributed by atoms with E-state index in [1.54, 1.807) is 0 Å². The van der Waals surface area contributed by atoms with E-state index in [0.29, 0.717) is 39.0 Å². The Labute approximate surface area is 101 Å². The number of ether oxygens (including phenoxy) is 1. The van der Waals surface area contributed by atoms with Gasteiger partial charge in [-0.2, -0.15) is 0 Å². The smallest absolute Gasteiger partial charge is 0.306 e. The van der Waals surface area contributed by atoms with Crippen molar-refractivity contribution >= 4 is 11.9 Å². The van der Waals surface area contributed by atoms with Crippen molar-refractivity contribution in [2.24, 2.45) is 11.8 Å². The van der Waals surface area contributed by atoms with E-state index >= 15 is 0 Å². The lowest BCUT2D eigenvalue weighted by Crippen LogP contribution is -2.49. The van der Waals surface area contributed by atoms with Crippen LogP contribution in [0.4, 0.5) is 0 Å². The minimum absolute atomic E-state index is 0.100. The number of hydrogen-bond donors (Lipinski definition) is 1. The van der Waals surface area contributed by atoms with E-state index in [1.165, 1.54) is 0 Å². The zero-order chi connectivity index (χ0) is 12.4. The van der Waals surface area contributed by atoms with E-state index in [0.717, 1.165) is 0 Å². The average Bonchev–Trinajstić information content (AvgIpc) is 2.78. The lowest BCUT2D eigenvalue weighted by molar-refractivity contribution is -0.144. The van der Waals surface area contributed by atoms with E-state index in [2.05, 4.69) is 0 Å². The number of carbonyl (C=O) groups excluding carboxylic acids is 1. The molecule has 3 atom stereocenters. The second kappa shape index (κ2) is 5.04. The van der Waals surface area contributed by atoms with Crippen LogP contribution in [0.15, 0.2) is 0 Å². The lowest BCUT2D eigenvalue weighted by atomic mass is 10.0. The van der Waals surface area contributed by atoms with Crippen molar-refractivity contribution < 1.29 is 19.4 Å². The molecule has 1 N–H and O–H groups in total. The molecule has 1 saturated carbocycles. The minimum atomic E-state index is -0.768. The van der Waals surface area contributed by atoms with E-state index in [-0.39, 0.29) is 23.8 Å². The summed E-state index contributed by atoms with van der Waals surface area (Å²) in [6.07, 6.45) is 1.84. The number of aliphatic carboxylic acids is 1. The maximum absolute atomic E-state index is 12.3. The molecule has 1 amide bonds. The van der Waals surface area contributed by atoms with Gasteiger partial charge in [-0.05, 0) is 26.2 Å². The number of amides is 1. The molecule has 0 aromatic carbocycles. The Morgan fingerprint density at radius 2 is 2.00 bits per heavy atom. The van der Waals surface area contributed by atoms with Gasteiger partial charge < -0.3 is 14.7 Å². The van der Waals surface area contributed by atoms with Gasteiger partial charge in [0.25, 0.3) is 0 Å². The number of morpholine rings is 1. The zero-order valence-corrected chi connectivity index (χ0v) is 10.1. The van der Waals surface area contributed by atoms with Crippen molar-refractivity contribution in [3.63, 3.8) is 0 Å². The highest BCUT2D eigenvalue weighted by molar-refractivity contribution is 5.81. The van der Waals surface area contributed by atoms with Gasteiger partial charge in [-0.1, -0.05) is 0 Å². The minimum Gasteiger partial charge on any atom is -0.481 e. The van der Waals surface area contributed by atoms with Gasteiger partial charge in [0.05, 0.1) is 25.2 Å². The summed E-state index contributed by atoms with van der Waals surface area (Å²) in [5, 5.41) is 8.93. The molecule has 0 bridgehead atoms. The van der Waals surface area contributed by atoms with Gasteiger partial charge in [0.1, 0.15) is 0 Å². The lowest BCUT2D eigenvalue weighted by Gasteiger charge is -2.35. The zero-order valence-electron chi connectivity index (χ0n) is 10.1. The standard InChI is InChI=1S/C12H19NO4/c1-8-7-17-5-4-13(8)11(14)9-2-3-10(6-9)12(15)16/h8-10H,2-7H2,1H3,(H,15,16)/t8-,9-,10+/m1/s1. The van der Waals surface area contributed by atoms with Crippen LogP contribution in [0, 0.1) is 11.8 Å². The van der Waals surface area contributed by atoms with Crippen LogP contribution in [0.3, 0.4) is 0 Å². The average molecular weight is 241 g/mol. The van der Waals surface area contributed by atoms with Gasteiger partial charge in [-0.15, -0.1) is 0 Å². The van der Waals surface area contributed by atoms with Gasteiger partial charge in [0.2, 0.25) is 5.91 Å². The summed E-state index contributed by atoms with van der Waals surface area (Å²) in [6, 6.07) is 0.111. The predicted molar refractivity (Wildman–Crippen MR) is 60.5 cm³/mol. The first kappa shape index (κ1) is 12.4. The molecule has 5 heteroatoms. The van der Waals surface area contributed by atoms with Crippen LogP contribution in [0.2, 0.25) is 0 Å². The Morgan fingerprint density at radius 1 is 1.29 bits per heavy atom. The molecule has 1 aliphatic carbocycles. The third-order valence-corrected chi connectivity index (χ3v) is 3.78. The van der Waals surface area contributed by atoms with Crippen LogP contribution >= 0.6 is 0 Å². The van der Waals surface area contributed by atoms with Crippen LogP contribution in [-0.2, 0) is 14.3 Å². The van der Waals surface area contributed by atoms with E-state index in [9.17, 15) is 9.59 Å². The molecule has 0 aromatic rings. The molecule has 1 saturated heterocycles. The topological polar surface area (TPSA) is 66.8 Å². The summed E-state index contributed by atoms with van der Waals surface area (Å²) in [5.41, 5.74) is 0. The maximum atomic E-state index is 12.3. The fourth-order valence-corrected chi connectivity index (χ4v) is 2.72. The number of carboxylic acid groups (broad SMARTS) is 1. The Morgan fingerprint density at radius 3 is 2.59 bits per heavy atom. The number of nitrogens with zero attached hydrogens (tertiary/aromatic N) is 1. The summed E-state index contributed by atoms with van der Waals surface area (Å²) in [5.74, 6) is -1.09. The quantitative estimate of drug-likeness (QED) is 0.774. The van der Waals surface area contributed by atoms with E-state index in [1.807, 2.05) is 11.8 Å². The van der Waals surface area contributed by atoms with Gasteiger partial charge in [-0.25, -0.2) is 0 Å². The van der Waals surface area contributed by atoms with Gasteiger partial charge >= 0.3 is 5.97 Å². The molecule has 2 aliphatic rings. The van der Waals surface area contributed by atoms with Gasteiger partial charge in [0, 0.05) is 12.5 Å². The molecule has 1 heterocycles. The third-order valence-electron chi connectivity index (χ3n) is 3.78. The first-order valence-corrected chi connectivity index (χ1v) is 6.20. The monoisotopic (exact) mass is 241 g/mol. The Kier molecular flexibility index (Phi) is 3.66. The highest BCUT2D eigenvalue weighted by Crippen LogP contribution is 2.33. The summed E-state index contributed by atoms with van der Waals surface area (Å²) < 4.78 is 5.30. The number of carbonyl (C=O) groups is 2.